The number of alkyl halides is 3. The maximum atomic E-state index is 13.0. The van der Waals surface area contributed by atoms with Crippen LogP contribution in [-0.2, 0) is 31.9 Å². The van der Waals surface area contributed by atoms with Crippen molar-refractivity contribution in [3.63, 3.8) is 0 Å². The molecular formula is C28H34F3N3O6. The number of benzene rings is 2. The van der Waals surface area contributed by atoms with Crippen molar-refractivity contribution in [2.45, 2.75) is 64.6 Å². The van der Waals surface area contributed by atoms with Gasteiger partial charge in [-0.3, -0.25) is 14.4 Å². The fourth-order valence-corrected chi connectivity index (χ4v) is 3.71. The molecule has 0 saturated heterocycles. The minimum absolute atomic E-state index is 0.00865. The van der Waals surface area contributed by atoms with Crippen LogP contribution in [0, 0.1) is 5.92 Å². The van der Waals surface area contributed by atoms with Gasteiger partial charge in [0.25, 0.3) is 5.91 Å². The number of alkyl carbamates (subject to hydrolysis) is 1. The molecule has 9 nitrogen and oxygen atoms in total. The van der Waals surface area contributed by atoms with E-state index in [1.165, 1.54) is 6.07 Å². The molecular weight excluding hydrogens is 531 g/mol. The van der Waals surface area contributed by atoms with Crippen molar-refractivity contribution in [3.05, 3.63) is 71.3 Å². The number of ketones is 1. The summed E-state index contributed by atoms with van der Waals surface area (Å²) in [6.07, 6.45) is -6.67. The largest absolute Gasteiger partial charge is 0.445 e. The van der Waals surface area contributed by atoms with Gasteiger partial charge in [-0.05, 0) is 42.0 Å². The summed E-state index contributed by atoms with van der Waals surface area (Å²) < 4.78 is 44.0. The number of aliphatic hydroxyl groups is 1. The van der Waals surface area contributed by atoms with E-state index in [1.807, 2.05) is 19.9 Å². The van der Waals surface area contributed by atoms with Gasteiger partial charge in [-0.2, -0.15) is 13.2 Å². The number of halogens is 3. The van der Waals surface area contributed by atoms with E-state index < -0.39 is 60.2 Å². The number of hydrogen-bond acceptors (Lipinski definition) is 6. The summed E-state index contributed by atoms with van der Waals surface area (Å²) in [7, 11) is 0. The van der Waals surface area contributed by atoms with Gasteiger partial charge in [0.2, 0.25) is 11.7 Å². The van der Waals surface area contributed by atoms with E-state index in [0.29, 0.717) is 0 Å². The first-order valence-electron chi connectivity index (χ1n) is 12.8. The maximum Gasteiger partial charge on any atom is 0.416 e. The molecule has 0 radical (unpaired) electrons. The van der Waals surface area contributed by atoms with Crippen LogP contribution >= 0.6 is 0 Å². The number of hydrogen-bond donors (Lipinski definition) is 4. The standard InChI is InChI=1S/C28H34F3N3O6/c1-4-21(24(36)26(38)32-15-23(35)19-11-8-12-20(14-19)28(29,30)31)33-25(37)22(13-17(2)3)34-27(39)40-16-18-9-6-5-7-10-18/h5-12,14,17,21-23,35H,4,13,15-16H2,1-3H3,(H,32,38)(H,33,37)(H,34,39)/t21-,22-,23?/m0/s1. The molecule has 0 fully saturated rings. The van der Waals surface area contributed by atoms with Gasteiger partial charge in [-0.1, -0.05) is 63.2 Å². The molecule has 1 unspecified atom stereocenters. The third-order valence-corrected chi connectivity index (χ3v) is 5.85. The highest BCUT2D eigenvalue weighted by molar-refractivity contribution is 6.38. The van der Waals surface area contributed by atoms with E-state index in [9.17, 15) is 37.5 Å². The van der Waals surface area contributed by atoms with Crippen molar-refractivity contribution in [3.8, 4) is 0 Å². The fourth-order valence-electron chi connectivity index (χ4n) is 3.71. The molecule has 2 aromatic carbocycles. The Morgan fingerprint density at radius 3 is 2.23 bits per heavy atom. The van der Waals surface area contributed by atoms with Crippen LogP contribution in [0.3, 0.4) is 0 Å². The number of aliphatic hydroxyl groups excluding tert-OH is 1. The van der Waals surface area contributed by atoms with Crippen LogP contribution in [-0.4, -0.2) is 47.4 Å². The highest BCUT2D eigenvalue weighted by Gasteiger charge is 2.32. The second kappa shape index (κ2) is 15.0. The third-order valence-electron chi connectivity index (χ3n) is 5.85. The summed E-state index contributed by atoms with van der Waals surface area (Å²) in [4.78, 5) is 50.4. The van der Waals surface area contributed by atoms with Gasteiger partial charge < -0.3 is 25.8 Å². The Bertz CT molecular complexity index is 1160. The molecule has 3 atom stereocenters. The lowest BCUT2D eigenvalue weighted by Crippen LogP contribution is -2.54. The number of ether oxygens (including phenoxy) is 1. The van der Waals surface area contributed by atoms with Gasteiger partial charge in [-0.25, -0.2) is 4.79 Å². The first kappa shape index (κ1) is 32.3. The van der Waals surface area contributed by atoms with Gasteiger partial charge in [0.05, 0.1) is 17.7 Å². The monoisotopic (exact) mass is 565 g/mol. The molecule has 4 N–H and O–H groups in total. The summed E-state index contributed by atoms with van der Waals surface area (Å²) in [5, 5.41) is 17.4. The lowest BCUT2D eigenvalue weighted by Gasteiger charge is -2.23. The first-order valence-corrected chi connectivity index (χ1v) is 12.8. The minimum Gasteiger partial charge on any atom is -0.445 e. The molecule has 0 bridgehead atoms. The van der Waals surface area contributed by atoms with Gasteiger partial charge >= 0.3 is 12.3 Å². The Hall–Kier alpha value is -3.93. The molecule has 0 aliphatic rings. The van der Waals surface area contributed by atoms with Gasteiger partial charge in [0.15, 0.2) is 0 Å². The maximum absolute atomic E-state index is 13.0. The van der Waals surface area contributed by atoms with E-state index in [2.05, 4.69) is 16.0 Å². The van der Waals surface area contributed by atoms with Crippen LogP contribution in [0.25, 0.3) is 0 Å². The SMILES string of the molecule is CC[C@H](NC(=O)[C@H](CC(C)C)NC(=O)OCc1ccccc1)C(=O)C(=O)NCC(O)c1cccc(C(F)(F)F)c1. The topological polar surface area (TPSA) is 134 Å². The van der Waals surface area contributed by atoms with Crippen molar-refractivity contribution in [1.29, 1.82) is 0 Å². The summed E-state index contributed by atoms with van der Waals surface area (Å²) in [6.45, 7) is 4.70. The second-order valence-corrected chi connectivity index (χ2v) is 9.57. The molecule has 12 heteroatoms. The molecule has 0 aliphatic carbocycles. The zero-order chi connectivity index (χ0) is 29.9. The Morgan fingerprint density at radius 1 is 0.950 bits per heavy atom. The van der Waals surface area contributed by atoms with E-state index in [4.69, 9.17) is 4.74 Å². The van der Waals surface area contributed by atoms with Crippen LogP contribution < -0.4 is 16.0 Å². The molecule has 2 rings (SSSR count). The van der Waals surface area contributed by atoms with Crippen LogP contribution in [0.5, 0.6) is 0 Å². The Balaban J connectivity index is 1.96. The molecule has 0 aliphatic heterocycles. The average Bonchev–Trinajstić information content (AvgIpc) is 2.92. The normalized spacial score (nSPS) is 13.6. The van der Waals surface area contributed by atoms with Crippen molar-refractivity contribution in [2.75, 3.05) is 6.54 Å². The van der Waals surface area contributed by atoms with Crippen molar-refractivity contribution in [2.24, 2.45) is 5.92 Å². The zero-order valence-electron chi connectivity index (χ0n) is 22.5. The number of carbonyl (C=O) groups excluding carboxylic acids is 4. The zero-order valence-corrected chi connectivity index (χ0v) is 22.5. The predicted molar refractivity (Wildman–Crippen MR) is 140 cm³/mol. The summed E-state index contributed by atoms with van der Waals surface area (Å²) in [5.41, 5.74) is -0.304. The summed E-state index contributed by atoms with van der Waals surface area (Å²) in [6, 6.07) is 10.6. The molecule has 0 heterocycles. The molecule has 218 valence electrons. The van der Waals surface area contributed by atoms with Gasteiger partial charge in [0.1, 0.15) is 12.6 Å². The smallest absolute Gasteiger partial charge is 0.416 e. The average molecular weight is 566 g/mol. The molecule has 0 saturated carbocycles. The number of nitrogens with one attached hydrogen (secondary N) is 3. The molecule has 3 amide bonds. The number of amides is 3. The van der Waals surface area contributed by atoms with Gasteiger partial charge in [-0.15, -0.1) is 0 Å². The summed E-state index contributed by atoms with van der Waals surface area (Å²) in [5.74, 6) is -2.85. The van der Waals surface area contributed by atoms with E-state index in [1.54, 1.807) is 31.2 Å². The predicted octanol–water partition coefficient (Wildman–Crippen LogP) is 3.66. The van der Waals surface area contributed by atoms with Crippen molar-refractivity contribution in [1.82, 2.24) is 16.0 Å². The van der Waals surface area contributed by atoms with Gasteiger partial charge in [0, 0.05) is 6.54 Å². The van der Waals surface area contributed by atoms with Crippen molar-refractivity contribution >= 4 is 23.7 Å². The van der Waals surface area contributed by atoms with E-state index in [-0.39, 0.29) is 30.9 Å². The number of rotatable bonds is 13. The van der Waals surface area contributed by atoms with E-state index in [0.717, 1.165) is 23.8 Å². The molecule has 2 aromatic rings. The highest BCUT2D eigenvalue weighted by atomic mass is 19.4. The Labute approximate surface area is 230 Å². The van der Waals surface area contributed by atoms with Crippen molar-refractivity contribution < 1.29 is 42.2 Å². The number of Topliss-reactive ketones (excluding diaryl/α,β-unsaturated/α-hetero) is 1. The first-order chi connectivity index (χ1) is 18.8. The third kappa shape index (κ3) is 10.3. The quantitative estimate of drug-likeness (QED) is 0.274. The lowest BCUT2D eigenvalue weighted by molar-refractivity contribution is -0.140. The summed E-state index contributed by atoms with van der Waals surface area (Å²) >= 11 is 0. The molecule has 0 spiro atoms. The van der Waals surface area contributed by atoms with E-state index >= 15 is 0 Å². The Morgan fingerprint density at radius 2 is 1.62 bits per heavy atom. The van der Waals surface area contributed by atoms with Crippen LogP contribution in [0.4, 0.5) is 18.0 Å². The van der Waals surface area contributed by atoms with Crippen LogP contribution in [0.15, 0.2) is 54.6 Å². The van der Waals surface area contributed by atoms with Crippen LogP contribution in [0.1, 0.15) is 56.4 Å². The highest BCUT2D eigenvalue weighted by Crippen LogP contribution is 2.30. The number of carbonyl (C=O) groups is 4. The van der Waals surface area contributed by atoms with Crippen LogP contribution in [0.2, 0.25) is 0 Å². The molecule has 0 aromatic heterocycles. The fraction of sp³-hybridized carbons (Fsp3) is 0.429. The second-order valence-electron chi connectivity index (χ2n) is 9.57. The minimum atomic E-state index is -4.61. The molecule has 40 heavy (non-hydrogen) atoms. The Kier molecular flexibility index (Phi) is 12.1. The lowest BCUT2D eigenvalue weighted by atomic mass is 10.0.